The van der Waals surface area contributed by atoms with Crippen LogP contribution in [0.4, 0.5) is 11.4 Å². The van der Waals surface area contributed by atoms with E-state index in [-0.39, 0.29) is 27.9 Å². The molecule has 3 aromatic carbocycles. The molecule has 0 atom stereocenters. The second-order valence-electron chi connectivity index (χ2n) is 7.77. The zero-order valence-corrected chi connectivity index (χ0v) is 21.0. The molecule has 3 aromatic rings. The van der Waals surface area contributed by atoms with Crippen LogP contribution < -0.4 is 14.4 Å². The summed E-state index contributed by atoms with van der Waals surface area (Å²) < 4.78 is 34.1. The first-order chi connectivity index (χ1) is 16.8. The molecule has 9 heteroatoms. The van der Waals surface area contributed by atoms with Crippen LogP contribution in [0.25, 0.3) is 0 Å². The highest BCUT2D eigenvalue weighted by molar-refractivity contribution is 7.93. The van der Waals surface area contributed by atoms with Crippen molar-refractivity contribution in [3.8, 4) is 11.5 Å². The molecule has 0 aliphatic heterocycles. The van der Waals surface area contributed by atoms with Crippen LogP contribution in [0.3, 0.4) is 0 Å². The normalized spacial score (nSPS) is 11.3. The number of aromatic hydroxyl groups is 1. The minimum atomic E-state index is -4.10. The summed E-state index contributed by atoms with van der Waals surface area (Å²) in [5.41, 5.74) is 1.03. The lowest BCUT2D eigenvalue weighted by Crippen LogP contribution is -2.35. The number of carbonyl (C=O) groups excluding carboxylic acids is 1. The van der Waals surface area contributed by atoms with Gasteiger partial charge in [-0.1, -0.05) is 32.0 Å². The van der Waals surface area contributed by atoms with Crippen molar-refractivity contribution in [3.63, 3.8) is 0 Å². The van der Waals surface area contributed by atoms with Crippen molar-refractivity contribution in [2.24, 2.45) is 0 Å². The average molecular weight is 498 g/mol. The molecular formula is C26H31N3O5S. The van der Waals surface area contributed by atoms with Crippen LogP contribution in [0.15, 0.2) is 77.7 Å². The number of ether oxygens (including phenoxy) is 1. The molecule has 8 nitrogen and oxygen atoms in total. The van der Waals surface area contributed by atoms with Gasteiger partial charge in [0.1, 0.15) is 11.5 Å². The molecule has 186 valence electrons. The second kappa shape index (κ2) is 11.7. The fourth-order valence-electron chi connectivity index (χ4n) is 3.67. The fourth-order valence-corrected chi connectivity index (χ4v) is 5.17. The van der Waals surface area contributed by atoms with Crippen molar-refractivity contribution < 1.29 is 23.1 Å². The number of hydrogen-bond acceptors (Lipinski definition) is 6. The van der Waals surface area contributed by atoms with Gasteiger partial charge in [-0.3, -0.25) is 4.79 Å². The number of likely N-dealkylation sites (N-methyl/N-ethyl adjacent to an activating group) is 1. The van der Waals surface area contributed by atoms with Gasteiger partial charge in [0.15, 0.2) is 0 Å². The third kappa shape index (κ3) is 6.12. The maximum Gasteiger partial charge on any atom is 0.268 e. The SMILES string of the molecule is CCN(CC)CCNC(=O)c1ccc(S(=O)(=O)N(c2ccccc2)c2ccc(O)cc2)cc1OC. The number of phenolic OH excluding ortho intramolecular Hbond substituents is 1. The molecule has 0 bridgehead atoms. The van der Waals surface area contributed by atoms with Crippen molar-refractivity contribution in [2.75, 3.05) is 37.6 Å². The molecule has 0 aliphatic rings. The maximum atomic E-state index is 13.8. The number of nitrogens with one attached hydrogen (secondary N) is 1. The van der Waals surface area contributed by atoms with Crippen LogP contribution in [-0.4, -0.2) is 57.6 Å². The lowest BCUT2D eigenvalue weighted by atomic mass is 10.2. The third-order valence-electron chi connectivity index (χ3n) is 5.64. The first kappa shape index (κ1) is 26.1. The Morgan fingerprint density at radius 1 is 0.943 bits per heavy atom. The number of carbonyl (C=O) groups is 1. The van der Waals surface area contributed by atoms with Gasteiger partial charge in [-0.2, -0.15) is 0 Å². The lowest BCUT2D eigenvalue weighted by Gasteiger charge is -2.25. The van der Waals surface area contributed by atoms with E-state index in [1.165, 1.54) is 53.9 Å². The smallest absolute Gasteiger partial charge is 0.268 e. The van der Waals surface area contributed by atoms with E-state index in [9.17, 15) is 18.3 Å². The Hall–Kier alpha value is -3.56. The number of anilines is 2. The van der Waals surface area contributed by atoms with E-state index >= 15 is 0 Å². The molecule has 0 aliphatic carbocycles. The minimum absolute atomic E-state index is 0.0252. The van der Waals surface area contributed by atoms with Gasteiger partial charge in [0, 0.05) is 19.2 Å². The van der Waals surface area contributed by atoms with Crippen LogP contribution in [0.2, 0.25) is 0 Å². The summed E-state index contributed by atoms with van der Waals surface area (Å²) in [5.74, 6) is -0.154. The van der Waals surface area contributed by atoms with Gasteiger partial charge in [-0.15, -0.1) is 0 Å². The Morgan fingerprint density at radius 3 is 2.17 bits per heavy atom. The van der Waals surface area contributed by atoms with E-state index in [1.54, 1.807) is 30.3 Å². The molecule has 0 fully saturated rings. The number of sulfonamides is 1. The Kier molecular flexibility index (Phi) is 8.73. The number of benzene rings is 3. The number of rotatable bonds is 11. The number of hydrogen-bond donors (Lipinski definition) is 2. The largest absolute Gasteiger partial charge is 0.508 e. The van der Waals surface area contributed by atoms with E-state index in [2.05, 4.69) is 24.1 Å². The van der Waals surface area contributed by atoms with Gasteiger partial charge in [0.2, 0.25) is 0 Å². The van der Waals surface area contributed by atoms with Gasteiger partial charge in [-0.05, 0) is 61.6 Å². The van der Waals surface area contributed by atoms with Crippen molar-refractivity contribution in [3.05, 3.63) is 78.4 Å². The number of para-hydroxylation sites is 1. The summed E-state index contributed by atoms with van der Waals surface area (Å²) in [4.78, 5) is 14.9. The molecule has 0 saturated heterocycles. The zero-order chi connectivity index (χ0) is 25.4. The van der Waals surface area contributed by atoms with Gasteiger partial charge in [0.25, 0.3) is 15.9 Å². The van der Waals surface area contributed by atoms with Gasteiger partial charge in [-0.25, -0.2) is 12.7 Å². The van der Waals surface area contributed by atoms with E-state index in [4.69, 9.17) is 4.74 Å². The van der Waals surface area contributed by atoms with Crippen LogP contribution >= 0.6 is 0 Å². The quantitative estimate of drug-likeness (QED) is 0.416. The summed E-state index contributed by atoms with van der Waals surface area (Å²) >= 11 is 0. The predicted octanol–water partition coefficient (Wildman–Crippen LogP) is 4.00. The van der Waals surface area contributed by atoms with Crippen molar-refractivity contribution in [1.29, 1.82) is 0 Å². The third-order valence-corrected chi connectivity index (χ3v) is 7.39. The molecule has 1 amide bonds. The van der Waals surface area contributed by atoms with Gasteiger partial charge < -0.3 is 20.1 Å². The molecule has 0 aromatic heterocycles. The Bertz CT molecular complexity index is 1230. The predicted molar refractivity (Wildman–Crippen MR) is 137 cm³/mol. The number of nitrogens with zero attached hydrogens (tertiary/aromatic N) is 2. The molecule has 0 radical (unpaired) electrons. The standard InChI is InChI=1S/C26H31N3O5S/c1-4-28(5-2)18-17-27-26(31)24-16-15-23(19-25(24)34-3)35(32,33)29(20-9-7-6-8-10-20)21-11-13-22(30)14-12-21/h6-16,19,30H,4-5,17-18H2,1-3H3,(H,27,31). The molecular weight excluding hydrogens is 466 g/mol. The zero-order valence-electron chi connectivity index (χ0n) is 20.1. The molecule has 3 rings (SSSR count). The highest BCUT2D eigenvalue weighted by Crippen LogP contribution is 2.34. The molecule has 0 heterocycles. The van der Waals surface area contributed by atoms with Crippen molar-refractivity contribution in [1.82, 2.24) is 10.2 Å². The fraction of sp³-hybridized carbons (Fsp3) is 0.269. The van der Waals surface area contributed by atoms with Crippen molar-refractivity contribution >= 4 is 27.3 Å². The molecule has 2 N–H and O–H groups in total. The highest BCUT2D eigenvalue weighted by atomic mass is 32.2. The number of phenols is 1. The van der Waals surface area contributed by atoms with E-state index in [1.807, 2.05) is 0 Å². The molecule has 35 heavy (non-hydrogen) atoms. The Balaban J connectivity index is 1.94. The summed E-state index contributed by atoms with van der Waals surface area (Å²) in [7, 11) is -2.70. The summed E-state index contributed by atoms with van der Waals surface area (Å²) in [6.45, 7) is 7.08. The monoisotopic (exact) mass is 497 g/mol. The summed E-state index contributed by atoms with van der Waals surface area (Å²) in [5, 5.41) is 12.5. The van der Waals surface area contributed by atoms with Crippen molar-refractivity contribution in [2.45, 2.75) is 18.7 Å². The highest BCUT2D eigenvalue weighted by Gasteiger charge is 2.28. The minimum Gasteiger partial charge on any atom is -0.508 e. The summed E-state index contributed by atoms with van der Waals surface area (Å²) in [6, 6.07) is 18.7. The Labute approximate surface area is 206 Å². The van der Waals surface area contributed by atoms with Crippen LogP contribution in [0.5, 0.6) is 11.5 Å². The van der Waals surface area contributed by atoms with E-state index in [0.29, 0.717) is 24.5 Å². The Morgan fingerprint density at radius 2 is 1.57 bits per heavy atom. The topological polar surface area (TPSA) is 99.2 Å². The lowest BCUT2D eigenvalue weighted by molar-refractivity contribution is 0.0945. The number of methoxy groups -OCH3 is 1. The summed E-state index contributed by atoms with van der Waals surface area (Å²) in [6.07, 6.45) is 0. The first-order valence-electron chi connectivity index (χ1n) is 11.4. The van der Waals surface area contributed by atoms with E-state index < -0.39 is 10.0 Å². The van der Waals surface area contributed by atoms with Crippen LogP contribution in [-0.2, 0) is 10.0 Å². The van der Waals surface area contributed by atoms with Gasteiger partial charge >= 0.3 is 0 Å². The van der Waals surface area contributed by atoms with Crippen LogP contribution in [0.1, 0.15) is 24.2 Å². The molecule has 0 saturated carbocycles. The molecule has 0 spiro atoms. The first-order valence-corrected chi connectivity index (χ1v) is 12.8. The maximum absolute atomic E-state index is 13.8. The second-order valence-corrected chi connectivity index (χ2v) is 9.55. The van der Waals surface area contributed by atoms with Gasteiger partial charge in [0.05, 0.1) is 28.9 Å². The van der Waals surface area contributed by atoms with Crippen LogP contribution in [0, 0.1) is 0 Å². The number of amides is 1. The van der Waals surface area contributed by atoms with E-state index in [0.717, 1.165) is 13.1 Å². The average Bonchev–Trinajstić information content (AvgIpc) is 2.88. The molecule has 0 unspecified atom stereocenters.